The van der Waals surface area contributed by atoms with E-state index in [2.05, 4.69) is 4.98 Å². The maximum atomic E-state index is 12.7. The van der Waals surface area contributed by atoms with Gasteiger partial charge in [-0.2, -0.15) is 13.2 Å². The monoisotopic (exact) mass is 378 g/mol. The summed E-state index contributed by atoms with van der Waals surface area (Å²) in [6.45, 7) is 6.28. The molecule has 25 heavy (non-hydrogen) atoms. The molecule has 0 aromatic carbocycles. The van der Waals surface area contributed by atoms with Crippen molar-refractivity contribution >= 4 is 23.5 Å². The second kappa shape index (κ2) is 6.90. The Hall–Kier alpha value is -1.70. The number of piperidine rings is 1. The molecule has 0 saturated carbocycles. The van der Waals surface area contributed by atoms with Gasteiger partial charge in [0, 0.05) is 30.9 Å². The van der Waals surface area contributed by atoms with Crippen LogP contribution >= 0.6 is 11.6 Å². The number of rotatable bonds is 2. The molecule has 0 bridgehead atoms. The van der Waals surface area contributed by atoms with Crippen LogP contribution in [0.2, 0.25) is 5.02 Å². The minimum absolute atomic E-state index is 0.0687. The summed E-state index contributed by atoms with van der Waals surface area (Å²) in [5.41, 5.74) is -1.48. The molecule has 0 N–H and O–H groups in total. The van der Waals surface area contributed by atoms with E-state index in [-0.39, 0.29) is 16.9 Å². The lowest BCUT2D eigenvalue weighted by atomic mass is 9.97. The number of pyridine rings is 1. The normalized spacial score (nSPS) is 16.8. The molecule has 9 heteroatoms. The van der Waals surface area contributed by atoms with Crippen molar-refractivity contribution < 1.29 is 23.1 Å². The summed E-state index contributed by atoms with van der Waals surface area (Å²) < 4.78 is 38.1. The van der Waals surface area contributed by atoms with E-state index in [0.717, 1.165) is 12.3 Å². The smallest absolute Gasteiger partial charge is 0.417 e. The van der Waals surface area contributed by atoms with Crippen LogP contribution in [0.5, 0.6) is 0 Å². The Balaban J connectivity index is 2.11. The third kappa shape index (κ3) is 4.48. The summed E-state index contributed by atoms with van der Waals surface area (Å²) in [6.07, 6.45) is -3.93. The molecule has 0 radical (unpaired) electrons. The van der Waals surface area contributed by atoms with Crippen molar-refractivity contribution in [2.45, 2.75) is 51.4 Å². The Morgan fingerprint density at radius 3 is 2.28 bits per heavy atom. The van der Waals surface area contributed by atoms with Crippen LogP contribution < -0.4 is 10.0 Å². The molecular formula is C16H20ClF3N3O2-. The summed E-state index contributed by atoms with van der Waals surface area (Å²) in [6, 6.07) is 0.646. The number of halogens is 4. The van der Waals surface area contributed by atoms with Gasteiger partial charge in [0.2, 0.25) is 0 Å². The van der Waals surface area contributed by atoms with Crippen molar-refractivity contribution in [3.05, 3.63) is 22.8 Å². The van der Waals surface area contributed by atoms with Gasteiger partial charge in [-0.05, 0) is 39.7 Å². The van der Waals surface area contributed by atoms with E-state index < -0.39 is 23.4 Å². The summed E-state index contributed by atoms with van der Waals surface area (Å²) in [4.78, 5) is 18.4. The first-order chi connectivity index (χ1) is 11.4. The second-order valence-corrected chi connectivity index (χ2v) is 7.46. The number of carboxylic acid groups (broad SMARTS) is 1. The standard InChI is InChI=1S/C16H21ClF3N3O2/c1-15(2,3)23(14(24)25)11-4-6-22(7-5-11)13-12(17)8-10(9-21-13)16(18,19)20/h8-9,11H,4-7H2,1-3H3,(H,24,25)/p-1. The average molecular weight is 379 g/mol. The van der Waals surface area contributed by atoms with E-state index in [1.165, 1.54) is 4.90 Å². The maximum absolute atomic E-state index is 12.7. The van der Waals surface area contributed by atoms with E-state index in [9.17, 15) is 23.1 Å². The fourth-order valence-electron chi connectivity index (χ4n) is 3.12. The van der Waals surface area contributed by atoms with Gasteiger partial charge in [0.15, 0.2) is 0 Å². The van der Waals surface area contributed by atoms with Gasteiger partial charge < -0.3 is 19.7 Å². The predicted octanol–water partition coefficient (Wildman–Crippen LogP) is 3.17. The van der Waals surface area contributed by atoms with Gasteiger partial charge in [-0.15, -0.1) is 0 Å². The SMILES string of the molecule is CC(C)(C)N(C(=O)[O-])C1CCN(c2ncc(C(F)(F)F)cc2Cl)CC1. The zero-order chi connectivity index (χ0) is 19.0. The Bertz CT molecular complexity index is 638. The van der Waals surface area contributed by atoms with Crippen molar-refractivity contribution in [2.75, 3.05) is 18.0 Å². The van der Waals surface area contributed by atoms with Gasteiger partial charge in [0.05, 0.1) is 10.6 Å². The first-order valence-electron chi connectivity index (χ1n) is 7.89. The number of carbonyl (C=O) groups is 1. The molecule has 5 nitrogen and oxygen atoms in total. The molecule has 1 aromatic heterocycles. The van der Waals surface area contributed by atoms with E-state index in [1.54, 1.807) is 25.7 Å². The molecule has 2 heterocycles. The molecule has 1 aromatic rings. The predicted molar refractivity (Wildman–Crippen MR) is 86.5 cm³/mol. The first kappa shape index (κ1) is 19.6. The third-order valence-corrected chi connectivity index (χ3v) is 4.48. The second-order valence-electron chi connectivity index (χ2n) is 7.05. The van der Waals surface area contributed by atoms with Crippen molar-refractivity contribution in [1.82, 2.24) is 9.88 Å². The topological polar surface area (TPSA) is 59.5 Å². The highest BCUT2D eigenvalue weighted by Crippen LogP contribution is 2.35. The summed E-state index contributed by atoms with van der Waals surface area (Å²) in [5, 5.41) is 11.4. The van der Waals surface area contributed by atoms with Crippen LogP contribution in [0.15, 0.2) is 12.3 Å². The maximum Gasteiger partial charge on any atom is 0.417 e. The molecule has 1 fully saturated rings. The molecule has 0 atom stereocenters. The number of nitrogens with zero attached hydrogens (tertiary/aromatic N) is 3. The lowest BCUT2D eigenvalue weighted by Crippen LogP contribution is -2.59. The summed E-state index contributed by atoms with van der Waals surface area (Å²) in [7, 11) is 0. The van der Waals surface area contributed by atoms with Crippen LogP contribution in [0.1, 0.15) is 39.2 Å². The Morgan fingerprint density at radius 1 is 1.32 bits per heavy atom. The Kier molecular flexibility index (Phi) is 5.41. The van der Waals surface area contributed by atoms with Gasteiger partial charge in [0.1, 0.15) is 11.9 Å². The van der Waals surface area contributed by atoms with Crippen LogP contribution in [0.4, 0.5) is 23.8 Å². The van der Waals surface area contributed by atoms with Crippen LogP contribution in [0.3, 0.4) is 0 Å². The van der Waals surface area contributed by atoms with Gasteiger partial charge in [-0.3, -0.25) is 0 Å². The number of amides is 1. The van der Waals surface area contributed by atoms with Crippen molar-refractivity contribution in [3.8, 4) is 0 Å². The van der Waals surface area contributed by atoms with E-state index in [1.807, 2.05) is 0 Å². The average Bonchev–Trinajstić information content (AvgIpc) is 2.45. The molecule has 1 aliphatic rings. The van der Waals surface area contributed by atoms with Gasteiger partial charge in [0.25, 0.3) is 0 Å². The molecule has 140 valence electrons. The number of hydrogen-bond acceptors (Lipinski definition) is 4. The van der Waals surface area contributed by atoms with Crippen LogP contribution in [0, 0.1) is 0 Å². The minimum Gasteiger partial charge on any atom is -0.530 e. The third-order valence-electron chi connectivity index (χ3n) is 4.20. The lowest BCUT2D eigenvalue weighted by molar-refractivity contribution is -0.274. The summed E-state index contributed by atoms with van der Waals surface area (Å²) in [5.74, 6) is 0.281. The van der Waals surface area contributed by atoms with E-state index >= 15 is 0 Å². The lowest BCUT2D eigenvalue weighted by Gasteiger charge is -2.47. The molecule has 1 amide bonds. The molecule has 0 unspecified atom stereocenters. The first-order valence-corrected chi connectivity index (χ1v) is 8.27. The highest BCUT2D eigenvalue weighted by Gasteiger charge is 2.34. The van der Waals surface area contributed by atoms with Crippen LogP contribution in [0.25, 0.3) is 0 Å². The fourth-order valence-corrected chi connectivity index (χ4v) is 3.41. The van der Waals surface area contributed by atoms with Gasteiger partial charge >= 0.3 is 6.18 Å². The molecular weight excluding hydrogens is 359 g/mol. The molecule has 1 aliphatic heterocycles. The van der Waals surface area contributed by atoms with E-state index in [4.69, 9.17) is 11.6 Å². The van der Waals surface area contributed by atoms with Gasteiger partial charge in [-0.25, -0.2) is 4.98 Å². The van der Waals surface area contributed by atoms with Gasteiger partial charge in [-0.1, -0.05) is 11.6 Å². The highest BCUT2D eigenvalue weighted by atomic mass is 35.5. The Labute approximate surface area is 149 Å². The number of anilines is 1. The summed E-state index contributed by atoms with van der Waals surface area (Å²) >= 11 is 5.97. The molecule has 1 saturated heterocycles. The van der Waals surface area contributed by atoms with Crippen LogP contribution in [-0.4, -0.2) is 40.6 Å². The van der Waals surface area contributed by atoms with Crippen molar-refractivity contribution in [2.24, 2.45) is 0 Å². The zero-order valence-corrected chi connectivity index (χ0v) is 15.0. The molecule has 2 rings (SSSR count). The van der Waals surface area contributed by atoms with Crippen molar-refractivity contribution in [1.29, 1.82) is 0 Å². The molecule has 0 spiro atoms. The number of alkyl halides is 3. The largest absolute Gasteiger partial charge is 0.530 e. The molecule has 0 aliphatic carbocycles. The van der Waals surface area contributed by atoms with E-state index in [0.29, 0.717) is 25.9 Å². The number of carbonyl (C=O) groups excluding carboxylic acids is 1. The highest BCUT2D eigenvalue weighted by molar-refractivity contribution is 6.33. The fraction of sp³-hybridized carbons (Fsp3) is 0.625. The van der Waals surface area contributed by atoms with Crippen LogP contribution in [-0.2, 0) is 6.18 Å². The number of aromatic nitrogens is 1. The minimum atomic E-state index is -4.50. The quantitative estimate of drug-likeness (QED) is 0.793. The zero-order valence-electron chi connectivity index (χ0n) is 14.2. The van der Waals surface area contributed by atoms with Crippen molar-refractivity contribution in [3.63, 3.8) is 0 Å². The Morgan fingerprint density at radius 2 is 1.88 bits per heavy atom. The number of hydrogen-bond donors (Lipinski definition) is 0.